The van der Waals surface area contributed by atoms with Crippen molar-refractivity contribution in [2.24, 2.45) is 11.1 Å². The van der Waals surface area contributed by atoms with Gasteiger partial charge in [-0.05, 0) is 43.4 Å². The first-order valence-corrected chi connectivity index (χ1v) is 9.40. The SMILES string of the molecule is CC(C(=O)N1CCC(CS(N)(=O)=O)CC1)c1cccc(Cl)c1. The number of nitrogens with two attached hydrogens (primary N) is 1. The summed E-state index contributed by atoms with van der Waals surface area (Å²) in [7, 11) is -3.44. The van der Waals surface area contributed by atoms with E-state index in [0.717, 1.165) is 5.56 Å². The zero-order valence-corrected chi connectivity index (χ0v) is 14.1. The van der Waals surface area contributed by atoms with Gasteiger partial charge >= 0.3 is 0 Å². The smallest absolute Gasteiger partial charge is 0.229 e. The maximum absolute atomic E-state index is 12.5. The van der Waals surface area contributed by atoms with E-state index < -0.39 is 10.0 Å². The third kappa shape index (κ3) is 4.69. The van der Waals surface area contributed by atoms with Gasteiger partial charge in [0.05, 0.1) is 11.7 Å². The average molecular weight is 345 g/mol. The first-order chi connectivity index (χ1) is 10.3. The summed E-state index contributed by atoms with van der Waals surface area (Å²) in [5.74, 6) is -0.163. The van der Waals surface area contributed by atoms with Crippen LogP contribution in [0.15, 0.2) is 24.3 Å². The molecule has 0 spiro atoms. The van der Waals surface area contributed by atoms with Crippen LogP contribution in [0.4, 0.5) is 0 Å². The van der Waals surface area contributed by atoms with Crippen LogP contribution in [0.3, 0.4) is 0 Å². The highest BCUT2D eigenvalue weighted by atomic mass is 35.5. The van der Waals surface area contributed by atoms with Gasteiger partial charge in [-0.25, -0.2) is 13.6 Å². The van der Waals surface area contributed by atoms with Crippen LogP contribution in [0.5, 0.6) is 0 Å². The largest absolute Gasteiger partial charge is 0.342 e. The third-order valence-corrected chi connectivity index (χ3v) is 5.28. The molecule has 122 valence electrons. The van der Waals surface area contributed by atoms with Crippen molar-refractivity contribution in [1.82, 2.24) is 4.90 Å². The van der Waals surface area contributed by atoms with Crippen LogP contribution in [0.1, 0.15) is 31.2 Å². The minimum Gasteiger partial charge on any atom is -0.342 e. The van der Waals surface area contributed by atoms with Gasteiger partial charge in [0.25, 0.3) is 0 Å². The second-order valence-electron chi connectivity index (χ2n) is 5.87. The summed E-state index contributed by atoms with van der Waals surface area (Å²) < 4.78 is 22.2. The lowest BCUT2D eigenvalue weighted by Crippen LogP contribution is -2.42. The van der Waals surface area contributed by atoms with E-state index in [1.165, 1.54) is 0 Å². The number of rotatable bonds is 4. The molecule has 0 saturated carbocycles. The van der Waals surface area contributed by atoms with Gasteiger partial charge in [0.1, 0.15) is 0 Å². The number of nitrogens with zero attached hydrogens (tertiary/aromatic N) is 1. The predicted octanol–water partition coefficient (Wildman–Crippen LogP) is 1.97. The number of hydrogen-bond acceptors (Lipinski definition) is 3. The van der Waals surface area contributed by atoms with E-state index in [1.807, 2.05) is 19.1 Å². The fourth-order valence-electron chi connectivity index (χ4n) is 2.84. The zero-order chi connectivity index (χ0) is 16.3. The fourth-order valence-corrected chi connectivity index (χ4v) is 4.03. The van der Waals surface area contributed by atoms with Gasteiger partial charge < -0.3 is 4.90 Å². The molecule has 0 bridgehead atoms. The minimum atomic E-state index is -3.44. The Labute approximate surface area is 136 Å². The molecule has 1 amide bonds. The summed E-state index contributed by atoms with van der Waals surface area (Å²) >= 11 is 5.97. The van der Waals surface area contributed by atoms with E-state index in [-0.39, 0.29) is 23.5 Å². The van der Waals surface area contributed by atoms with Gasteiger partial charge in [-0.3, -0.25) is 4.79 Å². The van der Waals surface area contributed by atoms with E-state index >= 15 is 0 Å². The molecule has 1 aromatic carbocycles. The molecule has 7 heteroatoms. The number of amides is 1. The number of benzene rings is 1. The van der Waals surface area contributed by atoms with Crippen LogP contribution < -0.4 is 5.14 Å². The summed E-state index contributed by atoms with van der Waals surface area (Å²) in [6, 6.07) is 7.31. The Bertz CT molecular complexity index is 640. The number of hydrogen-bond donors (Lipinski definition) is 1. The van der Waals surface area contributed by atoms with Crippen molar-refractivity contribution in [3.63, 3.8) is 0 Å². The molecule has 1 unspecified atom stereocenters. The standard InChI is InChI=1S/C15H21ClN2O3S/c1-11(13-3-2-4-14(16)9-13)15(19)18-7-5-12(6-8-18)10-22(17,20)21/h2-4,9,11-12H,5-8,10H2,1H3,(H2,17,20,21). The van der Waals surface area contributed by atoms with Crippen molar-refractivity contribution < 1.29 is 13.2 Å². The zero-order valence-electron chi connectivity index (χ0n) is 12.5. The quantitative estimate of drug-likeness (QED) is 0.906. The van der Waals surface area contributed by atoms with Gasteiger partial charge in [-0.15, -0.1) is 0 Å². The summed E-state index contributed by atoms with van der Waals surface area (Å²) in [4.78, 5) is 14.3. The number of sulfonamides is 1. The molecule has 0 aromatic heterocycles. The maximum Gasteiger partial charge on any atom is 0.229 e. The van der Waals surface area contributed by atoms with Crippen molar-refractivity contribution in [3.8, 4) is 0 Å². The van der Waals surface area contributed by atoms with Gasteiger partial charge in [0, 0.05) is 18.1 Å². The van der Waals surface area contributed by atoms with E-state index in [1.54, 1.807) is 17.0 Å². The lowest BCUT2D eigenvalue weighted by molar-refractivity contribution is -0.133. The Kier molecular flexibility index (Phi) is 5.47. The van der Waals surface area contributed by atoms with Crippen LogP contribution in [0.25, 0.3) is 0 Å². The Hall–Kier alpha value is -1.11. The Balaban J connectivity index is 1.95. The predicted molar refractivity (Wildman–Crippen MR) is 87.1 cm³/mol. The molecule has 1 aliphatic rings. The topological polar surface area (TPSA) is 80.5 Å². The molecule has 22 heavy (non-hydrogen) atoms. The van der Waals surface area contributed by atoms with Crippen molar-refractivity contribution in [1.29, 1.82) is 0 Å². The first kappa shape index (κ1) is 17.2. The molecular formula is C15H21ClN2O3S. The lowest BCUT2D eigenvalue weighted by atomic mass is 9.95. The Morgan fingerprint density at radius 1 is 1.41 bits per heavy atom. The molecule has 0 radical (unpaired) electrons. The monoisotopic (exact) mass is 344 g/mol. The first-order valence-electron chi connectivity index (χ1n) is 7.31. The lowest BCUT2D eigenvalue weighted by Gasteiger charge is -2.33. The number of carbonyl (C=O) groups is 1. The highest BCUT2D eigenvalue weighted by molar-refractivity contribution is 7.89. The van der Waals surface area contributed by atoms with Crippen molar-refractivity contribution in [3.05, 3.63) is 34.9 Å². The molecule has 2 rings (SSSR count). The van der Waals surface area contributed by atoms with Gasteiger partial charge in [-0.1, -0.05) is 23.7 Å². The normalized spacial score (nSPS) is 18.2. The molecule has 2 N–H and O–H groups in total. The van der Waals surface area contributed by atoms with Crippen molar-refractivity contribution >= 4 is 27.5 Å². The average Bonchev–Trinajstić information content (AvgIpc) is 2.45. The van der Waals surface area contributed by atoms with E-state index in [4.69, 9.17) is 16.7 Å². The molecule has 1 saturated heterocycles. The summed E-state index contributed by atoms with van der Waals surface area (Å²) in [5, 5.41) is 5.69. The van der Waals surface area contributed by atoms with Gasteiger partial charge in [0.2, 0.25) is 15.9 Å². The highest BCUT2D eigenvalue weighted by Gasteiger charge is 2.28. The van der Waals surface area contributed by atoms with Crippen LogP contribution >= 0.6 is 11.6 Å². The van der Waals surface area contributed by atoms with E-state index in [0.29, 0.717) is 31.0 Å². The second kappa shape index (κ2) is 6.98. The molecule has 1 aromatic rings. The van der Waals surface area contributed by atoms with Crippen LogP contribution in [-0.4, -0.2) is 38.1 Å². The number of carbonyl (C=O) groups excluding carboxylic acids is 1. The van der Waals surface area contributed by atoms with Crippen LogP contribution in [0, 0.1) is 5.92 Å². The molecule has 5 nitrogen and oxygen atoms in total. The van der Waals surface area contributed by atoms with E-state index in [9.17, 15) is 13.2 Å². The molecule has 0 aliphatic carbocycles. The third-order valence-electron chi connectivity index (χ3n) is 4.11. The maximum atomic E-state index is 12.5. The molecule has 1 aliphatic heterocycles. The molecule has 1 atom stereocenters. The number of primary sulfonamides is 1. The molecular weight excluding hydrogens is 324 g/mol. The summed E-state index contributed by atoms with van der Waals surface area (Å²) in [6.45, 7) is 3.01. The number of halogens is 1. The van der Waals surface area contributed by atoms with Crippen LogP contribution in [0.2, 0.25) is 5.02 Å². The van der Waals surface area contributed by atoms with Crippen molar-refractivity contribution in [2.45, 2.75) is 25.7 Å². The van der Waals surface area contributed by atoms with Gasteiger partial charge in [0.15, 0.2) is 0 Å². The Morgan fingerprint density at radius 3 is 2.59 bits per heavy atom. The molecule has 1 fully saturated rings. The van der Waals surface area contributed by atoms with Gasteiger partial charge in [-0.2, -0.15) is 0 Å². The fraction of sp³-hybridized carbons (Fsp3) is 0.533. The number of piperidine rings is 1. The second-order valence-corrected chi connectivity index (χ2v) is 7.97. The number of likely N-dealkylation sites (tertiary alicyclic amines) is 1. The highest BCUT2D eigenvalue weighted by Crippen LogP contribution is 2.25. The van der Waals surface area contributed by atoms with Crippen LogP contribution in [-0.2, 0) is 14.8 Å². The molecule has 1 heterocycles. The van der Waals surface area contributed by atoms with E-state index in [2.05, 4.69) is 0 Å². The summed E-state index contributed by atoms with van der Waals surface area (Å²) in [6.07, 6.45) is 1.34. The minimum absolute atomic E-state index is 0.00111. The Morgan fingerprint density at radius 2 is 2.05 bits per heavy atom. The van der Waals surface area contributed by atoms with Crippen molar-refractivity contribution in [2.75, 3.05) is 18.8 Å². The summed E-state index contributed by atoms with van der Waals surface area (Å²) in [5.41, 5.74) is 0.893.